The number of hydrazine groups is 1. The Balaban J connectivity index is 1.35. The van der Waals surface area contributed by atoms with Gasteiger partial charge in [0.25, 0.3) is 10.2 Å². The van der Waals surface area contributed by atoms with Crippen molar-refractivity contribution in [3.8, 4) is 22.5 Å². The van der Waals surface area contributed by atoms with Gasteiger partial charge in [0.1, 0.15) is 12.4 Å². The van der Waals surface area contributed by atoms with Gasteiger partial charge in [-0.05, 0) is 61.2 Å². The van der Waals surface area contributed by atoms with Crippen LogP contribution in [-0.4, -0.2) is 91.0 Å². The van der Waals surface area contributed by atoms with Crippen LogP contribution in [0.15, 0.2) is 53.8 Å². The number of nitrogens with zero attached hydrogens (tertiary/aromatic N) is 8. The second-order valence-electron chi connectivity index (χ2n) is 12.6. The van der Waals surface area contributed by atoms with E-state index in [1.165, 1.54) is 19.0 Å². The van der Waals surface area contributed by atoms with Gasteiger partial charge >= 0.3 is 12.1 Å². The molecule has 1 N–H and O–H groups in total. The summed E-state index contributed by atoms with van der Waals surface area (Å²) in [6.07, 6.45) is 0.423. The van der Waals surface area contributed by atoms with Crippen LogP contribution < -0.4 is 0 Å². The van der Waals surface area contributed by atoms with Crippen molar-refractivity contribution < 1.29 is 38.4 Å². The number of H-pyrrole nitrogens is 1. The van der Waals surface area contributed by atoms with E-state index in [0.29, 0.717) is 37.6 Å². The van der Waals surface area contributed by atoms with Gasteiger partial charge < -0.3 is 23.6 Å². The molecule has 0 radical (unpaired) electrons. The molecule has 0 saturated heterocycles. The number of aryl methyl sites for hydroxylation is 1. The highest BCUT2D eigenvalue weighted by Crippen LogP contribution is 2.30. The molecule has 0 amide bonds. The Morgan fingerprint density at radius 1 is 1.04 bits per heavy atom. The fraction of sp³-hybridized carbons (Fsp3) is 0.486. The highest BCUT2D eigenvalue weighted by atomic mass is 35.5. The Bertz CT molecular complexity index is 1770. The minimum absolute atomic E-state index is 0.000829. The van der Waals surface area contributed by atoms with Gasteiger partial charge in [-0.25, -0.2) is 24.5 Å². The lowest BCUT2D eigenvalue weighted by Gasteiger charge is -2.25. The fourth-order valence-electron chi connectivity index (χ4n) is 5.34. The van der Waals surface area contributed by atoms with Crippen LogP contribution in [0, 0.1) is 0 Å². The Morgan fingerprint density at radius 3 is 2.40 bits per heavy atom. The maximum absolute atomic E-state index is 13.4. The monoisotopic (exact) mass is 740 g/mol. The topological polar surface area (TPSA) is 171 Å². The van der Waals surface area contributed by atoms with Crippen LogP contribution in [0.4, 0.5) is 4.79 Å². The normalized spacial score (nSPS) is 12.3. The van der Waals surface area contributed by atoms with Gasteiger partial charge in [0, 0.05) is 31.9 Å². The van der Waals surface area contributed by atoms with E-state index in [2.05, 4.69) is 37.8 Å². The first-order valence-electron chi connectivity index (χ1n) is 17.1. The summed E-state index contributed by atoms with van der Waals surface area (Å²) in [4.78, 5) is 42.1. The van der Waals surface area contributed by atoms with Crippen molar-refractivity contribution in [2.75, 3.05) is 26.9 Å². The first-order chi connectivity index (χ1) is 25.0. The number of hydrogen-bond donors (Lipinski definition) is 1. The molecule has 2 aromatic heterocycles. The van der Waals surface area contributed by atoms with Crippen molar-refractivity contribution in [2.45, 2.75) is 85.6 Å². The number of rotatable bonds is 18. The van der Waals surface area contributed by atoms with Gasteiger partial charge in [0.15, 0.2) is 23.8 Å². The third-order valence-corrected chi connectivity index (χ3v) is 8.05. The first kappa shape index (κ1) is 39.5. The van der Waals surface area contributed by atoms with Crippen molar-refractivity contribution in [3.05, 3.63) is 70.8 Å². The number of unbranched alkanes of at least 4 members (excludes halogenated alkanes) is 1. The largest absolute Gasteiger partial charge is 0.511 e. The van der Waals surface area contributed by atoms with Crippen LogP contribution in [0.2, 0.25) is 5.15 Å². The van der Waals surface area contributed by atoms with E-state index in [4.69, 9.17) is 35.5 Å². The molecule has 4 aromatic rings. The van der Waals surface area contributed by atoms with Crippen LogP contribution in [0.3, 0.4) is 0 Å². The zero-order valence-corrected chi connectivity index (χ0v) is 31.4. The summed E-state index contributed by atoms with van der Waals surface area (Å²) >= 11 is 6.52. The number of aromatic nitrogens is 6. The SMILES string of the molecule is CCCCc1nc(Cl)c(C(=O)OC(C)OC(=O)OCCCO/N=[N+](\OC)N(CC)C(C)(C)C)n1Cc1ccc(-c2ccccc2-c2nnn[nH]2)cc1. The number of tetrazole rings is 1. The molecule has 0 saturated carbocycles. The molecule has 0 aliphatic heterocycles. The first-order valence-corrected chi connectivity index (χ1v) is 17.5. The number of imidazole rings is 1. The minimum Gasteiger partial charge on any atom is -0.434 e. The molecule has 4 rings (SSSR count). The molecule has 0 aliphatic carbocycles. The van der Waals surface area contributed by atoms with Crippen molar-refractivity contribution in [1.29, 1.82) is 0 Å². The molecule has 0 bridgehead atoms. The zero-order chi connectivity index (χ0) is 37.7. The summed E-state index contributed by atoms with van der Waals surface area (Å²) in [5, 5.41) is 20.1. The van der Waals surface area contributed by atoms with Crippen LogP contribution in [0.5, 0.6) is 0 Å². The third-order valence-electron chi connectivity index (χ3n) is 7.79. The Morgan fingerprint density at radius 2 is 1.77 bits per heavy atom. The fourth-order valence-corrected chi connectivity index (χ4v) is 5.62. The molecule has 16 nitrogen and oxygen atoms in total. The van der Waals surface area contributed by atoms with E-state index in [9.17, 15) is 9.59 Å². The van der Waals surface area contributed by atoms with E-state index >= 15 is 0 Å². The molecule has 2 aromatic carbocycles. The second kappa shape index (κ2) is 18.8. The number of nitrogens with one attached hydrogen (secondary N) is 1. The van der Waals surface area contributed by atoms with Gasteiger partial charge in [-0.3, -0.25) is 0 Å². The number of ether oxygens (including phenoxy) is 3. The maximum atomic E-state index is 13.4. The van der Waals surface area contributed by atoms with Gasteiger partial charge in [0.2, 0.25) is 6.29 Å². The number of carbonyl (C=O) groups is 2. The summed E-state index contributed by atoms with van der Waals surface area (Å²) < 4.78 is 17.5. The molecular formula is C35H47ClN9O7+. The van der Waals surface area contributed by atoms with Gasteiger partial charge in [0.05, 0.1) is 18.7 Å². The van der Waals surface area contributed by atoms with Crippen LogP contribution in [-0.2, 0) is 36.9 Å². The van der Waals surface area contributed by atoms with Crippen LogP contribution in [0.25, 0.3) is 22.5 Å². The zero-order valence-electron chi connectivity index (χ0n) is 30.7. The average molecular weight is 741 g/mol. The van der Waals surface area contributed by atoms with Crippen molar-refractivity contribution >= 4 is 23.7 Å². The molecule has 0 fully saturated rings. The summed E-state index contributed by atoms with van der Waals surface area (Å²) in [5.41, 5.74) is 3.50. The predicted molar refractivity (Wildman–Crippen MR) is 190 cm³/mol. The summed E-state index contributed by atoms with van der Waals surface area (Å²) in [6, 6.07) is 15.7. The molecule has 1 unspecified atom stereocenters. The molecule has 52 heavy (non-hydrogen) atoms. The molecule has 2 heterocycles. The standard InChI is InChI=1S/C35H47ClN9O7/c1-8-10-16-29-37-31(36)30(43(29)23-25-17-19-26(20-18-25)27-14-11-12-15-28(27)32-38-40-41-39-32)33(46)51-24(3)52-34(47)49-21-13-22-50-42-45(48-7)44(9-2)35(4,5)6/h11-12,14-15,17-20,24H,8-10,13,16,21-23H2,1-7H3,(H,38,39,40,41)/q+1/b45-42-. The van der Waals surface area contributed by atoms with E-state index in [1.54, 1.807) is 4.57 Å². The quantitative estimate of drug-likeness (QED) is 0.0283. The number of benzene rings is 2. The smallest absolute Gasteiger partial charge is 0.434 e. The summed E-state index contributed by atoms with van der Waals surface area (Å²) in [6.45, 7) is 12.6. The van der Waals surface area contributed by atoms with Crippen molar-refractivity contribution in [2.24, 2.45) is 5.28 Å². The van der Waals surface area contributed by atoms with Crippen molar-refractivity contribution in [1.82, 2.24) is 35.2 Å². The molecular weight excluding hydrogens is 694 g/mol. The molecule has 0 aliphatic rings. The lowest BCUT2D eigenvalue weighted by molar-refractivity contribution is -0.950. The van der Waals surface area contributed by atoms with Gasteiger partial charge in [-0.15, -0.1) is 10.1 Å². The summed E-state index contributed by atoms with van der Waals surface area (Å²) in [5.74, 6) is 0.415. The molecule has 0 spiro atoms. The number of aromatic amines is 1. The Labute approximate surface area is 307 Å². The predicted octanol–water partition coefficient (Wildman–Crippen LogP) is 6.81. The van der Waals surface area contributed by atoms with E-state index in [1.807, 2.05) is 81.2 Å². The van der Waals surface area contributed by atoms with E-state index < -0.39 is 18.4 Å². The number of halogens is 1. The number of esters is 1. The highest BCUT2D eigenvalue weighted by molar-refractivity contribution is 6.32. The van der Waals surface area contributed by atoms with Crippen molar-refractivity contribution in [3.63, 3.8) is 0 Å². The Hall–Kier alpha value is -5.25. The highest BCUT2D eigenvalue weighted by Gasteiger charge is 2.32. The minimum atomic E-state index is -1.27. The summed E-state index contributed by atoms with van der Waals surface area (Å²) in [7, 11) is 1.49. The lowest BCUT2D eigenvalue weighted by atomic mass is 9.98. The van der Waals surface area contributed by atoms with Gasteiger partial charge in [-0.1, -0.05) is 73.5 Å². The average Bonchev–Trinajstić information content (AvgIpc) is 3.76. The number of carbonyl (C=O) groups excluding carboxylic acids is 2. The molecule has 280 valence electrons. The Kier molecular flexibility index (Phi) is 14.3. The number of hydrogen-bond acceptors (Lipinski definition) is 12. The molecule has 17 heteroatoms. The van der Waals surface area contributed by atoms with E-state index in [-0.39, 0.29) is 29.6 Å². The van der Waals surface area contributed by atoms with E-state index in [0.717, 1.165) is 35.1 Å². The molecule has 1 atom stereocenters. The lowest BCUT2D eigenvalue weighted by Crippen LogP contribution is -2.47. The van der Waals surface area contributed by atoms with Crippen LogP contribution >= 0.6 is 11.6 Å². The van der Waals surface area contributed by atoms with Crippen LogP contribution in [0.1, 0.15) is 82.7 Å². The third kappa shape index (κ3) is 10.6. The maximum Gasteiger partial charge on any atom is 0.511 e. The van der Waals surface area contributed by atoms with Gasteiger partial charge in [-0.2, -0.15) is 0 Å². The second-order valence-corrected chi connectivity index (χ2v) is 13.0.